The van der Waals surface area contributed by atoms with E-state index in [0.717, 1.165) is 42.9 Å². The topological polar surface area (TPSA) is 59.1 Å². The molecule has 1 aromatic heterocycles. The van der Waals surface area contributed by atoms with E-state index in [4.69, 9.17) is 4.74 Å². The highest BCUT2D eigenvalue weighted by Crippen LogP contribution is 2.17. The summed E-state index contributed by atoms with van der Waals surface area (Å²) in [5.41, 5.74) is 0. The number of hydrogen-bond acceptors (Lipinski definition) is 6. The molecule has 18 heavy (non-hydrogen) atoms. The van der Waals surface area contributed by atoms with Crippen molar-refractivity contribution in [1.82, 2.24) is 9.97 Å². The van der Waals surface area contributed by atoms with Crippen LogP contribution in [-0.2, 0) is 4.74 Å². The van der Waals surface area contributed by atoms with Crippen LogP contribution in [0.3, 0.4) is 0 Å². The molecule has 6 heteroatoms. The Morgan fingerprint density at radius 1 is 1.17 bits per heavy atom. The lowest BCUT2D eigenvalue weighted by Crippen LogP contribution is -2.12. The maximum absolute atomic E-state index is 5.28. The number of anilines is 2. The van der Waals surface area contributed by atoms with Crippen LogP contribution in [0.2, 0.25) is 0 Å². The number of aromatic nitrogens is 2. The van der Waals surface area contributed by atoms with Gasteiger partial charge in [0.25, 0.3) is 0 Å². The molecule has 0 atom stereocenters. The Hall–Kier alpha value is -1.01. The predicted octanol–water partition coefficient (Wildman–Crippen LogP) is 2.47. The number of nitrogens with one attached hydrogen (secondary N) is 2. The molecule has 102 valence electrons. The van der Waals surface area contributed by atoms with Gasteiger partial charge in [0.15, 0.2) is 5.16 Å². The van der Waals surface area contributed by atoms with Crippen molar-refractivity contribution in [3.8, 4) is 0 Å². The Kier molecular flexibility index (Phi) is 7.52. The zero-order valence-electron chi connectivity index (χ0n) is 11.3. The minimum Gasteiger partial charge on any atom is -0.380 e. The van der Waals surface area contributed by atoms with E-state index in [1.54, 1.807) is 11.8 Å². The maximum atomic E-state index is 5.28. The predicted molar refractivity (Wildman–Crippen MR) is 77.6 cm³/mol. The largest absolute Gasteiger partial charge is 0.380 e. The third-order valence-electron chi connectivity index (χ3n) is 2.20. The van der Waals surface area contributed by atoms with E-state index in [-0.39, 0.29) is 0 Å². The maximum Gasteiger partial charge on any atom is 0.191 e. The second-order valence-electron chi connectivity index (χ2n) is 3.68. The first-order valence-electron chi connectivity index (χ1n) is 6.28. The van der Waals surface area contributed by atoms with Crippen LogP contribution in [0.5, 0.6) is 0 Å². The molecule has 0 fully saturated rings. The number of thioether (sulfide) groups is 1. The molecular formula is C12H22N4OS. The second kappa shape index (κ2) is 8.99. The third kappa shape index (κ3) is 5.55. The van der Waals surface area contributed by atoms with Crippen molar-refractivity contribution < 1.29 is 4.74 Å². The van der Waals surface area contributed by atoms with E-state index >= 15 is 0 Å². The van der Waals surface area contributed by atoms with Crippen LogP contribution >= 0.6 is 11.8 Å². The molecule has 0 spiro atoms. The van der Waals surface area contributed by atoms with Crippen molar-refractivity contribution in [2.24, 2.45) is 0 Å². The first kappa shape index (κ1) is 15.0. The van der Waals surface area contributed by atoms with Crippen molar-refractivity contribution in [2.45, 2.75) is 25.4 Å². The van der Waals surface area contributed by atoms with E-state index in [0.29, 0.717) is 6.61 Å². The average Bonchev–Trinajstić information content (AvgIpc) is 2.41. The molecule has 5 nitrogen and oxygen atoms in total. The van der Waals surface area contributed by atoms with Crippen molar-refractivity contribution >= 4 is 23.4 Å². The SMILES string of the molecule is CCCNc1cc(NCCOCC)nc(SC)n1. The summed E-state index contributed by atoms with van der Waals surface area (Å²) in [4.78, 5) is 8.81. The standard InChI is InChI=1S/C12H22N4OS/c1-4-6-13-10-9-11(14-7-8-17-5-2)16-12(15-10)18-3/h9H,4-8H2,1-3H3,(H2,13,14,15,16). The van der Waals surface area contributed by atoms with Crippen molar-refractivity contribution in [3.05, 3.63) is 6.07 Å². The summed E-state index contributed by atoms with van der Waals surface area (Å²) in [6, 6.07) is 1.93. The molecule has 0 aromatic carbocycles. The van der Waals surface area contributed by atoms with Gasteiger partial charge in [0, 0.05) is 25.8 Å². The van der Waals surface area contributed by atoms with Gasteiger partial charge in [-0.05, 0) is 19.6 Å². The van der Waals surface area contributed by atoms with Gasteiger partial charge in [-0.15, -0.1) is 0 Å². The third-order valence-corrected chi connectivity index (χ3v) is 2.75. The van der Waals surface area contributed by atoms with Gasteiger partial charge in [-0.2, -0.15) is 0 Å². The number of rotatable bonds is 9. The van der Waals surface area contributed by atoms with Gasteiger partial charge in [-0.25, -0.2) is 9.97 Å². The highest BCUT2D eigenvalue weighted by Gasteiger charge is 2.03. The highest BCUT2D eigenvalue weighted by atomic mass is 32.2. The van der Waals surface area contributed by atoms with E-state index in [9.17, 15) is 0 Å². The van der Waals surface area contributed by atoms with Gasteiger partial charge in [0.2, 0.25) is 0 Å². The first-order chi connectivity index (χ1) is 8.80. The minimum absolute atomic E-state index is 0.687. The monoisotopic (exact) mass is 270 g/mol. The van der Waals surface area contributed by atoms with Gasteiger partial charge in [-0.3, -0.25) is 0 Å². The number of hydrogen-bond donors (Lipinski definition) is 2. The lowest BCUT2D eigenvalue weighted by atomic mass is 10.4. The molecule has 0 aliphatic rings. The molecule has 0 saturated heterocycles. The van der Waals surface area contributed by atoms with Crippen LogP contribution in [0.25, 0.3) is 0 Å². The summed E-state index contributed by atoms with van der Waals surface area (Å²) in [6.45, 7) is 7.22. The minimum atomic E-state index is 0.687. The Morgan fingerprint density at radius 3 is 2.39 bits per heavy atom. The van der Waals surface area contributed by atoms with E-state index < -0.39 is 0 Å². The average molecular weight is 270 g/mol. The van der Waals surface area contributed by atoms with Crippen LogP contribution in [0.15, 0.2) is 11.2 Å². The van der Waals surface area contributed by atoms with Crippen LogP contribution < -0.4 is 10.6 Å². The summed E-state index contributed by atoms with van der Waals surface area (Å²) < 4.78 is 5.28. The number of ether oxygens (including phenoxy) is 1. The van der Waals surface area contributed by atoms with Gasteiger partial charge in [-0.1, -0.05) is 18.7 Å². The van der Waals surface area contributed by atoms with E-state index in [1.807, 2.05) is 19.2 Å². The molecule has 1 heterocycles. The fourth-order valence-electron chi connectivity index (χ4n) is 1.35. The lowest BCUT2D eigenvalue weighted by Gasteiger charge is -2.10. The summed E-state index contributed by atoms with van der Waals surface area (Å²) in [6.07, 6.45) is 3.05. The van der Waals surface area contributed by atoms with Crippen LogP contribution in [0.4, 0.5) is 11.6 Å². The molecule has 2 N–H and O–H groups in total. The zero-order chi connectivity index (χ0) is 13.2. The van der Waals surface area contributed by atoms with Gasteiger partial charge >= 0.3 is 0 Å². The smallest absolute Gasteiger partial charge is 0.191 e. The first-order valence-corrected chi connectivity index (χ1v) is 7.51. The quantitative estimate of drug-likeness (QED) is 0.408. The van der Waals surface area contributed by atoms with E-state index in [1.165, 1.54) is 0 Å². The fraction of sp³-hybridized carbons (Fsp3) is 0.667. The molecule has 0 saturated carbocycles. The van der Waals surface area contributed by atoms with E-state index in [2.05, 4.69) is 27.5 Å². The van der Waals surface area contributed by atoms with Crippen LogP contribution in [0, 0.1) is 0 Å². The lowest BCUT2D eigenvalue weighted by molar-refractivity contribution is 0.158. The highest BCUT2D eigenvalue weighted by molar-refractivity contribution is 7.98. The Balaban J connectivity index is 2.58. The van der Waals surface area contributed by atoms with Crippen LogP contribution in [-0.4, -0.2) is 42.5 Å². The Labute approximate surface area is 113 Å². The van der Waals surface area contributed by atoms with Crippen molar-refractivity contribution in [2.75, 3.05) is 43.2 Å². The fourth-order valence-corrected chi connectivity index (χ4v) is 1.73. The molecule has 0 aliphatic carbocycles. The molecule has 0 radical (unpaired) electrons. The Bertz CT molecular complexity index is 349. The molecule has 1 aromatic rings. The summed E-state index contributed by atoms with van der Waals surface area (Å²) in [5.74, 6) is 1.71. The van der Waals surface area contributed by atoms with Gasteiger partial charge in [0.05, 0.1) is 6.61 Å². The molecule has 1 rings (SSSR count). The summed E-state index contributed by atoms with van der Waals surface area (Å²) >= 11 is 1.54. The molecular weight excluding hydrogens is 248 g/mol. The molecule has 0 bridgehead atoms. The van der Waals surface area contributed by atoms with Crippen molar-refractivity contribution in [3.63, 3.8) is 0 Å². The normalized spacial score (nSPS) is 10.4. The van der Waals surface area contributed by atoms with Crippen molar-refractivity contribution in [1.29, 1.82) is 0 Å². The van der Waals surface area contributed by atoms with Gasteiger partial charge in [0.1, 0.15) is 11.6 Å². The molecule has 0 amide bonds. The zero-order valence-corrected chi connectivity index (χ0v) is 12.1. The Morgan fingerprint density at radius 2 is 1.83 bits per heavy atom. The number of nitrogens with zero attached hydrogens (tertiary/aromatic N) is 2. The van der Waals surface area contributed by atoms with Gasteiger partial charge < -0.3 is 15.4 Å². The molecule has 0 unspecified atom stereocenters. The van der Waals surface area contributed by atoms with Crippen LogP contribution in [0.1, 0.15) is 20.3 Å². The summed E-state index contributed by atoms with van der Waals surface area (Å²) in [5, 5.41) is 7.29. The molecule has 0 aliphatic heterocycles. The second-order valence-corrected chi connectivity index (χ2v) is 4.45. The summed E-state index contributed by atoms with van der Waals surface area (Å²) in [7, 11) is 0.